The molecule has 0 atom stereocenters. The fourth-order valence-corrected chi connectivity index (χ4v) is 2.58. The second-order valence-electron chi connectivity index (χ2n) is 5.96. The van der Waals surface area contributed by atoms with Crippen molar-refractivity contribution in [2.24, 2.45) is 0 Å². The first-order valence-electron chi connectivity index (χ1n) is 7.19. The van der Waals surface area contributed by atoms with Gasteiger partial charge in [-0.15, -0.1) is 0 Å². The zero-order valence-corrected chi connectivity index (χ0v) is 14.4. The average Bonchev–Trinajstić information content (AvgIpc) is 2.37. The van der Waals surface area contributed by atoms with Crippen LogP contribution in [-0.2, 0) is 16.4 Å². The van der Waals surface area contributed by atoms with Crippen LogP contribution in [-0.4, -0.2) is 37.1 Å². The number of aryl methyl sites for hydroxylation is 1. The minimum Gasteiger partial charge on any atom is -0.491 e. The molecule has 0 radical (unpaired) electrons. The van der Waals surface area contributed by atoms with Crippen LogP contribution in [0.1, 0.15) is 39.1 Å². The molecule has 1 N–H and O–H groups in total. The first kappa shape index (κ1) is 17.9. The topological polar surface area (TPSA) is 68.3 Å². The number of hydrogen-bond donors (Lipinski definition) is 1. The Bertz CT molecular complexity index is 563. The third-order valence-electron chi connectivity index (χ3n) is 3.16. The Balaban J connectivity index is 2.71. The van der Waals surface area contributed by atoms with Crippen LogP contribution in [0.3, 0.4) is 0 Å². The second kappa shape index (κ2) is 7.22. The highest BCUT2D eigenvalue weighted by Crippen LogP contribution is 2.19. The summed E-state index contributed by atoms with van der Waals surface area (Å²) >= 11 is 0. The number of hydrogen-bond acceptors (Lipinski definition) is 5. The molecule has 0 saturated heterocycles. The van der Waals surface area contributed by atoms with Gasteiger partial charge in [-0.2, -0.15) is 0 Å². The van der Waals surface area contributed by atoms with E-state index in [1.807, 2.05) is 26.0 Å². The summed E-state index contributed by atoms with van der Waals surface area (Å²) in [4.78, 5) is 4.44. The van der Waals surface area contributed by atoms with Crippen LogP contribution in [0.25, 0.3) is 0 Å². The number of nitrogens with zero attached hydrogens (tertiary/aromatic N) is 1. The number of ether oxygens (including phenoxy) is 1. The smallest absolute Gasteiger partial charge is 0.158 e. The number of aromatic nitrogens is 1. The second-order valence-corrected chi connectivity index (χ2v) is 8.82. The van der Waals surface area contributed by atoms with Crippen LogP contribution in [0.4, 0.5) is 0 Å². The first-order chi connectivity index (χ1) is 9.67. The maximum Gasteiger partial charge on any atom is 0.158 e. The summed E-state index contributed by atoms with van der Waals surface area (Å²) in [7, 11) is -3.17. The molecule has 0 aliphatic rings. The highest BCUT2D eigenvalue weighted by atomic mass is 32.2. The molecule has 21 heavy (non-hydrogen) atoms. The Labute approximate surface area is 128 Å². The molecule has 0 aromatic carbocycles. The van der Waals surface area contributed by atoms with Gasteiger partial charge in [0.2, 0.25) is 0 Å². The minimum absolute atomic E-state index is 0.00498. The lowest BCUT2D eigenvalue weighted by Crippen LogP contribution is -2.32. The molecule has 1 heterocycles. The Morgan fingerprint density at radius 2 is 1.95 bits per heavy atom. The Hall–Kier alpha value is -1.14. The largest absolute Gasteiger partial charge is 0.491 e. The van der Waals surface area contributed by atoms with Crippen LogP contribution < -0.4 is 10.1 Å². The van der Waals surface area contributed by atoms with E-state index in [-0.39, 0.29) is 12.4 Å². The molecule has 0 bridgehead atoms. The molecule has 5 nitrogen and oxygen atoms in total. The fourth-order valence-electron chi connectivity index (χ4n) is 1.67. The first-order valence-corrected chi connectivity index (χ1v) is 8.85. The van der Waals surface area contributed by atoms with Gasteiger partial charge in [0.25, 0.3) is 0 Å². The van der Waals surface area contributed by atoms with Gasteiger partial charge in [-0.1, -0.05) is 6.92 Å². The molecule has 1 aromatic rings. The molecule has 0 aliphatic heterocycles. The predicted molar refractivity (Wildman–Crippen MR) is 85.4 cm³/mol. The van der Waals surface area contributed by atoms with Crippen molar-refractivity contribution in [3.05, 3.63) is 23.5 Å². The van der Waals surface area contributed by atoms with E-state index in [2.05, 4.69) is 10.3 Å². The molecule has 0 fully saturated rings. The zero-order chi connectivity index (χ0) is 16.1. The summed E-state index contributed by atoms with van der Waals surface area (Å²) in [5.74, 6) is 0.649. The van der Waals surface area contributed by atoms with E-state index in [9.17, 15) is 8.42 Å². The van der Waals surface area contributed by atoms with Gasteiger partial charge in [0.1, 0.15) is 12.4 Å². The van der Waals surface area contributed by atoms with Gasteiger partial charge in [-0.25, -0.2) is 8.42 Å². The minimum atomic E-state index is -3.17. The van der Waals surface area contributed by atoms with Crippen molar-refractivity contribution in [3.8, 4) is 5.75 Å². The van der Waals surface area contributed by atoms with Crippen molar-refractivity contribution < 1.29 is 13.2 Å². The molecule has 0 spiro atoms. The van der Waals surface area contributed by atoms with Gasteiger partial charge in [-0.3, -0.25) is 4.98 Å². The van der Waals surface area contributed by atoms with Gasteiger partial charge in [0.05, 0.1) is 16.2 Å². The third kappa shape index (κ3) is 5.28. The summed E-state index contributed by atoms with van der Waals surface area (Å²) in [6.45, 7) is 10.6. The van der Waals surface area contributed by atoms with E-state index in [0.29, 0.717) is 12.3 Å². The lowest BCUT2D eigenvalue weighted by atomic mass is 10.3. The lowest BCUT2D eigenvalue weighted by molar-refractivity contribution is 0.333. The van der Waals surface area contributed by atoms with Gasteiger partial charge in [0, 0.05) is 12.2 Å². The molecule has 0 saturated carbocycles. The van der Waals surface area contributed by atoms with Crippen LogP contribution in [0.5, 0.6) is 5.75 Å². The molecule has 0 amide bonds. The molecule has 1 rings (SSSR count). The third-order valence-corrected chi connectivity index (χ3v) is 5.73. The molecular formula is C15H26N2O3S. The number of nitrogens with one attached hydrogen (secondary N) is 1. The quantitative estimate of drug-likeness (QED) is 0.834. The summed E-state index contributed by atoms with van der Waals surface area (Å²) in [6, 6.07) is 3.71. The normalized spacial score (nSPS) is 12.4. The molecule has 1 aromatic heterocycles. The van der Waals surface area contributed by atoms with E-state index in [1.165, 1.54) is 0 Å². The lowest BCUT2D eigenvalue weighted by Gasteiger charge is -2.19. The van der Waals surface area contributed by atoms with Crippen molar-refractivity contribution in [1.29, 1.82) is 0 Å². The van der Waals surface area contributed by atoms with E-state index in [4.69, 9.17) is 4.74 Å². The highest BCUT2D eigenvalue weighted by molar-refractivity contribution is 7.92. The highest BCUT2D eigenvalue weighted by Gasteiger charge is 2.28. The van der Waals surface area contributed by atoms with Crippen LogP contribution in [0.2, 0.25) is 0 Å². The SMILES string of the molecule is CCNCc1nc(C)ccc1OCCS(=O)(=O)C(C)(C)C. The standard InChI is InChI=1S/C15H26N2O3S/c1-6-16-11-13-14(8-7-12(2)17-13)20-9-10-21(18,19)15(3,4)5/h7-8,16H,6,9-11H2,1-5H3. The molecular weight excluding hydrogens is 288 g/mol. The van der Waals surface area contributed by atoms with Crippen molar-refractivity contribution in [1.82, 2.24) is 10.3 Å². The Morgan fingerprint density at radius 1 is 1.29 bits per heavy atom. The average molecular weight is 314 g/mol. The van der Waals surface area contributed by atoms with Crippen molar-refractivity contribution in [2.45, 2.75) is 45.9 Å². The Kier molecular flexibility index (Phi) is 6.16. The zero-order valence-electron chi connectivity index (χ0n) is 13.6. The van der Waals surface area contributed by atoms with Crippen LogP contribution in [0.15, 0.2) is 12.1 Å². The maximum absolute atomic E-state index is 12.0. The van der Waals surface area contributed by atoms with E-state index in [1.54, 1.807) is 20.8 Å². The molecule has 6 heteroatoms. The Morgan fingerprint density at radius 3 is 2.52 bits per heavy atom. The number of pyridine rings is 1. The van der Waals surface area contributed by atoms with Gasteiger partial charge < -0.3 is 10.1 Å². The van der Waals surface area contributed by atoms with Crippen molar-refractivity contribution >= 4 is 9.84 Å². The maximum atomic E-state index is 12.0. The molecule has 0 unspecified atom stereocenters. The van der Waals surface area contributed by atoms with Crippen molar-refractivity contribution in [2.75, 3.05) is 18.9 Å². The van der Waals surface area contributed by atoms with Gasteiger partial charge >= 0.3 is 0 Å². The predicted octanol–water partition coefficient (Wildman–Crippen LogP) is 2.09. The van der Waals surface area contributed by atoms with Crippen molar-refractivity contribution in [3.63, 3.8) is 0 Å². The number of rotatable bonds is 7. The molecule has 0 aliphatic carbocycles. The summed E-state index contributed by atoms with van der Waals surface area (Å²) in [6.07, 6.45) is 0. The van der Waals surface area contributed by atoms with Crippen LogP contribution >= 0.6 is 0 Å². The number of sulfone groups is 1. The fraction of sp³-hybridized carbons (Fsp3) is 0.667. The van der Waals surface area contributed by atoms with E-state index < -0.39 is 14.6 Å². The van der Waals surface area contributed by atoms with Crippen LogP contribution in [0, 0.1) is 6.92 Å². The van der Waals surface area contributed by atoms with Gasteiger partial charge in [0.15, 0.2) is 9.84 Å². The van der Waals surface area contributed by atoms with E-state index >= 15 is 0 Å². The summed E-state index contributed by atoms with van der Waals surface area (Å²) in [5.41, 5.74) is 1.72. The summed E-state index contributed by atoms with van der Waals surface area (Å²) in [5, 5.41) is 3.20. The summed E-state index contributed by atoms with van der Waals surface area (Å²) < 4.78 is 29.0. The monoisotopic (exact) mass is 314 g/mol. The van der Waals surface area contributed by atoms with E-state index in [0.717, 1.165) is 17.9 Å². The van der Waals surface area contributed by atoms with Gasteiger partial charge in [-0.05, 0) is 46.4 Å². The molecule has 120 valence electrons.